The lowest BCUT2D eigenvalue weighted by Crippen LogP contribution is -2.52. The van der Waals surface area contributed by atoms with Crippen LogP contribution in [0.4, 0.5) is 19.6 Å². The number of halogens is 2. The van der Waals surface area contributed by atoms with Crippen LogP contribution in [-0.2, 0) is 4.79 Å². The number of piperazine rings is 1. The lowest BCUT2D eigenvalue weighted by molar-refractivity contribution is -0.120. The molecule has 1 fully saturated rings. The minimum Gasteiger partial charge on any atom is -0.346 e. The molecule has 1 aromatic carbocycles. The fourth-order valence-electron chi connectivity index (χ4n) is 2.66. The molecule has 1 aliphatic rings. The maximum Gasteiger partial charge on any atom is 0.241 e. The summed E-state index contributed by atoms with van der Waals surface area (Å²) in [6.07, 6.45) is 1.78. The Kier molecular flexibility index (Phi) is 5.06. The second-order valence-corrected chi connectivity index (χ2v) is 6.50. The summed E-state index contributed by atoms with van der Waals surface area (Å²) in [5, 5.41) is 5.57. The molecule has 0 spiro atoms. The Morgan fingerprint density at radius 2 is 2.00 bits per heavy atom. The van der Waals surface area contributed by atoms with E-state index in [1.54, 1.807) is 17.5 Å². The molecular weight excluding hydrogens is 334 g/mol. The van der Waals surface area contributed by atoms with E-state index < -0.39 is 11.6 Å². The van der Waals surface area contributed by atoms with E-state index in [4.69, 9.17) is 0 Å². The third-order valence-electron chi connectivity index (χ3n) is 4.12. The van der Waals surface area contributed by atoms with Crippen LogP contribution in [0.1, 0.15) is 6.92 Å². The van der Waals surface area contributed by atoms with Crippen molar-refractivity contribution in [2.75, 3.05) is 36.4 Å². The highest BCUT2D eigenvalue weighted by Gasteiger charge is 2.26. The molecule has 0 saturated carbocycles. The average Bonchev–Trinajstić information content (AvgIpc) is 3.12. The molecule has 1 N–H and O–H groups in total. The van der Waals surface area contributed by atoms with Crippen LogP contribution in [0.3, 0.4) is 0 Å². The van der Waals surface area contributed by atoms with Crippen molar-refractivity contribution >= 4 is 28.1 Å². The minimum atomic E-state index is -0.975. The Morgan fingerprint density at radius 3 is 2.62 bits per heavy atom. The zero-order chi connectivity index (χ0) is 17.1. The lowest BCUT2D eigenvalue weighted by atomic mass is 10.2. The van der Waals surface area contributed by atoms with Gasteiger partial charge in [0, 0.05) is 49.5 Å². The molecule has 1 unspecified atom stereocenters. The van der Waals surface area contributed by atoms with Gasteiger partial charge in [0.05, 0.1) is 6.04 Å². The predicted molar refractivity (Wildman–Crippen MR) is 90.3 cm³/mol. The summed E-state index contributed by atoms with van der Waals surface area (Å²) in [5.41, 5.74) is 0.257. The molecule has 2 heterocycles. The average molecular weight is 352 g/mol. The number of amides is 1. The molecule has 8 heteroatoms. The quantitative estimate of drug-likeness (QED) is 0.919. The van der Waals surface area contributed by atoms with E-state index >= 15 is 0 Å². The van der Waals surface area contributed by atoms with Crippen molar-refractivity contribution in [3.8, 4) is 0 Å². The summed E-state index contributed by atoms with van der Waals surface area (Å²) in [5.74, 6) is -2.14. The fourth-order valence-corrected chi connectivity index (χ4v) is 3.36. The maximum atomic E-state index is 13.2. The van der Waals surface area contributed by atoms with Gasteiger partial charge in [-0.3, -0.25) is 9.69 Å². The van der Waals surface area contributed by atoms with E-state index in [9.17, 15) is 13.6 Å². The van der Waals surface area contributed by atoms with Crippen LogP contribution >= 0.6 is 11.3 Å². The van der Waals surface area contributed by atoms with Crippen LogP contribution in [-0.4, -0.2) is 48.0 Å². The van der Waals surface area contributed by atoms with Crippen molar-refractivity contribution in [3.05, 3.63) is 41.4 Å². The standard InChI is InChI=1S/C16H18F2N4OS/c1-11(15(23)20-12-2-3-13(17)14(18)10-12)21-5-7-22(8-6-21)16-19-4-9-24-16/h2-4,9-11H,5-8H2,1H3,(H,20,23). The number of rotatable bonds is 4. The van der Waals surface area contributed by atoms with Crippen LogP contribution in [0.25, 0.3) is 0 Å². The molecule has 3 rings (SSSR count). The SMILES string of the molecule is CC(C(=O)Nc1ccc(F)c(F)c1)N1CCN(c2nccs2)CC1. The third-order valence-corrected chi connectivity index (χ3v) is 4.95. The molecule has 24 heavy (non-hydrogen) atoms. The smallest absolute Gasteiger partial charge is 0.241 e. The van der Waals surface area contributed by atoms with Gasteiger partial charge in [0.2, 0.25) is 5.91 Å². The monoisotopic (exact) mass is 352 g/mol. The van der Waals surface area contributed by atoms with E-state index in [-0.39, 0.29) is 17.6 Å². The molecular formula is C16H18F2N4OS. The number of carbonyl (C=O) groups is 1. The van der Waals surface area contributed by atoms with Gasteiger partial charge in [0.25, 0.3) is 0 Å². The molecule has 128 valence electrons. The van der Waals surface area contributed by atoms with Crippen LogP contribution < -0.4 is 10.2 Å². The number of anilines is 2. The van der Waals surface area contributed by atoms with Gasteiger partial charge < -0.3 is 10.2 Å². The molecule has 0 bridgehead atoms. The molecule has 0 radical (unpaired) electrons. The highest BCUT2D eigenvalue weighted by atomic mass is 32.1. The number of benzene rings is 1. The van der Waals surface area contributed by atoms with E-state index in [1.165, 1.54) is 6.07 Å². The van der Waals surface area contributed by atoms with E-state index in [0.29, 0.717) is 0 Å². The molecule has 2 aromatic rings. The van der Waals surface area contributed by atoms with E-state index in [2.05, 4.69) is 20.1 Å². The first-order valence-corrected chi connectivity index (χ1v) is 8.57. The maximum absolute atomic E-state index is 13.2. The van der Waals surface area contributed by atoms with E-state index in [1.807, 2.05) is 12.3 Å². The summed E-state index contributed by atoms with van der Waals surface area (Å²) < 4.78 is 26.1. The minimum absolute atomic E-state index is 0.233. The van der Waals surface area contributed by atoms with Crippen LogP contribution in [0, 0.1) is 11.6 Å². The Bertz CT molecular complexity index is 702. The summed E-state index contributed by atoms with van der Waals surface area (Å²) >= 11 is 1.60. The second kappa shape index (κ2) is 7.23. The first-order chi connectivity index (χ1) is 11.5. The Hall–Kier alpha value is -2.06. The van der Waals surface area contributed by atoms with Crippen molar-refractivity contribution in [1.82, 2.24) is 9.88 Å². The topological polar surface area (TPSA) is 48.5 Å². The normalized spacial score (nSPS) is 16.9. The zero-order valence-corrected chi connectivity index (χ0v) is 14.0. The highest BCUT2D eigenvalue weighted by molar-refractivity contribution is 7.13. The summed E-state index contributed by atoms with van der Waals surface area (Å²) in [6.45, 7) is 4.90. The molecule has 1 aliphatic heterocycles. The van der Waals surface area contributed by atoms with Crippen LogP contribution in [0.15, 0.2) is 29.8 Å². The van der Waals surface area contributed by atoms with Crippen LogP contribution in [0.2, 0.25) is 0 Å². The first-order valence-electron chi connectivity index (χ1n) is 7.69. The fraction of sp³-hybridized carbons (Fsp3) is 0.375. The molecule has 1 aromatic heterocycles. The number of thiazole rings is 1. The molecule has 0 aliphatic carbocycles. The number of hydrogen-bond acceptors (Lipinski definition) is 5. The van der Waals surface area contributed by atoms with Crippen molar-refractivity contribution in [3.63, 3.8) is 0 Å². The summed E-state index contributed by atoms with van der Waals surface area (Å²) in [7, 11) is 0. The van der Waals surface area contributed by atoms with Crippen molar-refractivity contribution in [2.45, 2.75) is 13.0 Å². The highest BCUT2D eigenvalue weighted by Crippen LogP contribution is 2.20. The number of carbonyl (C=O) groups excluding carboxylic acids is 1. The molecule has 1 amide bonds. The number of aromatic nitrogens is 1. The first kappa shape index (κ1) is 16.8. The summed E-state index contributed by atoms with van der Waals surface area (Å²) in [4.78, 5) is 20.9. The van der Waals surface area contributed by atoms with Gasteiger partial charge in [-0.2, -0.15) is 0 Å². The van der Waals surface area contributed by atoms with Crippen molar-refractivity contribution in [2.24, 2.45) is 0 Å². The van der Waals surface area contributed by atoms with Gasteiger partial charge in [0.15, 0.2) is 16.8 Å². The number of nitrogens with zero attached hydrogens (tertiary/aromatic N) is 3. The van der Waals surface area contributed by atoms with Crippen molar-refractivity contribution in [1.29, 1.82) is 0 Å². The van der Waals surface area contributed by atoms with Gasteiger partial charge in [-0.15, -0.1) is 11.3 Å². The molecule has 1 saturated heterocycles. The largest absolute Gasteiger partial charge is 0.346 e. The van der Waals surface area contributed by atoms with Gasteiger partial charge >= 0.3 is 0 Å². The Labute approximate surface area is 142 Å². The number of nitrogens with one attached hydrogen (secondary N) is 1. The predicted octanol–water partition coefficient (Wildman–Crippen LogP) is 2.57. The van der Waals surface area contributed by atoms with Gasteiger partial charge in [-0.1, -0.05) is 0 Å². The third kappa shape index (κ3) is 3.70. The van der Waals surface area contributed by atoms with Crippen molar-refractivity contribution < 1.29 is 13.6 Å². The molecule has 5 nitrogen and oxygen atoms in total. The van der Waals surface area contributed by atoms with E-state index in [0.717, 1.165) is 43.4 Å². The van der Waals surface area contributed by atoms with Crippen LogP contribution in [0.5, 0.6) is 0 Å². The second-order valence-electron chi connectivity index (χ2n) is 5.63. The Balaban J connectivity index is 1.55. The van der Waals surface area contributed by atoms with Gasteiger partial charge in [0.1, 0.15) is 0 Å². The van der Waals surface area contributed by atoms with Gasteiger partial charge in [-0.05, 0) is 19.1 Å². The zero-order valence-electron chi connectivity index (χ0n) is 13.2. The van der Waals surface area contributed by atoms with Gasteiger partial charge in [-0.25, -0.2) is 13.8 Å². The number of hydrogen-bond donors (Lipinski definition) is 1. The summed E-state index contributed by atoms with van der Waals surface area (Å²) in [6, 6.07) is 2.99. The Morgan fingerprint density at radius 1 is 1.25 bits per heavy atom. The molecule has 1 atom stereocenters. The lowest BCUT2D eigenvalue weighted by Gasteiger charge is -2.37.